The van der Waals surface area contributed by atoms with E-state index in [1.807, 2.05) is 0 Å². The molecule has 2 aromatic rings. The molecule has 1 fully saturated rings. The Kier molecular flexibility index (Phi) is 4.39. The molecule has 1 saturated heterocycles. The van der Waals surface area contributed by atoms with Gasteiger partial charge in [0.05, 0.1) is 10.8 Å². The monoisotopic (exact) mass is 371 g/mol. The summed E-state index contributed by atoms with van der Waals surface area (Å²) in [6, 6.07) is 5.14. The van der Waals surface area contributed by atoms with E-state index in [0.717, 1.165) is 28.8 Å². The molecule has 0 saturated carbocycles. The number of benzene rings is 1. The number of hydrogen-bond donors (Lipinski definition) is 1. The molecule has 1 aliphatic heterocycles. The molecule has 3 rings (SSSR count). The Morgan fingerprint density at radius 1 is 1.38 bits per heavy atom. The SMILES string of the molecule is CC1SC(=N)N(c2ncc(Cc3cccc(C(F)(F)F)c3)s2)C1=O. The second kappa shape index (κ2) is 6.21. The van der Waals surface area contributed by atoms with Crippen molar-refractivity contribution in [1.29, 1.82) is 5.41 Å². The van der Waals surface area contributed by atoms with Gasteiger partial charge in [0.1, 0.15) is 0 Å². The largest absolute Gasteiger partial charge is 0.416 e. The maximum atomic E-state index is 12.8. The van der Waals surface area contributed by atoms with Gasteiger partial charge in [-0.05, 0) is 18.6 Å². The van der Waals surface area contributed by atoms with Gasteiger partial charge in [0, 0.05) is 17.5 Å². The lowest BCUT2D eigenvalue weighted by Crippen LogP contribution is -2.30. The number of thioether (sulfide) groups is 1. The number of amides is 1. The number of carbonyl (C=O) groups is 1. The summed E-state index contributed by atoms with van der Waals surface area (Å²) in [4.78, 5) is 18.2. The van der Waals surface area contributed by atoms with Crippen LogP contribution in [-0.4, -0.2) is 21.3 Å². The van der Waals surface area contributed by atoms with Crippen LogP contribution < -0.4 is 4.90 Å². The molecule has 24 heavy (non-hydrogen) atoms. The van der Waals surface area contributed by atoms with Crippen LogP contribution in [0.3, 0.4) is 0 Å². The normalized spacial score (nSPS) is 18.5. The van der Waals surface area contributed by atoms with Gasteiger partial charge >= 0.3 is 6.18 Å². The van der Waals surface area contributed by atoms with Gasteiger partial charge in [0.15, 0.2) is 10.3 Å². The van der Waals surface area contributed by atoms with Gasteiger partial charge in [-0.3, -0.25) is 10.2 Å². The third-order valence-corrected chi connectivity index (χ3v) is 5.37. The summed E-state index contributed by atoms with van der Waals surface area (Å²) in [5.41, 5.74) is -0.169. The van der Waals surface area contributed by atoms with Crippen molar-refractivity contribution in [2.45, 2.75) is 24.8 Å². The molecule has 1 aromatic heterocycles. The molecule has 1 atom stereocenters. The fraction of sp³-hybridized carbons (Fsp3) is 0.267. The van der Waals surface area contributed by atoms with Crippen molar-refractivity contribution < 1.29 is 18.0 Å². The summed E-state index contributed by atoms with van der Waals surface area (Å²) in [6.07, 6.45) is -2.55. The first-order valence-electron chi connectivity index (χ1n) is 6.95. The standard InChI is InChI=1S/C15H12F3N3OS2/c1-8-12(22)21(13(19)23-8)14-20-7-11(24-14)6-9-3-2-4-10(5-9)15(16,17)18/h2-5,7-8,19H,6H2,1H3. The molecule has 0 bridgehead atoms. The number of aromatic nitrogens is 1. The Morgan fingerprint density at radius 3 is 2.75 bits per heavy atom. The van der Waals surface area contributed by atoms with Crippen LogP contribution in [0.4, 0.5) is 18.3 Å². The van der Waals surface area contributed by atoms with E-state index in [1.54, 1.807) is 13.0 Å². The average molecular weight is 371 g/mol. The highest BCUT2D eigenvalue weighted by molar-refractivity contribution is 8.16. The van der Waals surface area contributed by atoms with E-state index in [2.05, 4.69) is 4.98 Å². The zero-order valence-corrected chi connectivity index (χ0v) is 14.1. The van der Waals surface area contributed by atoms with Gasteiger partial charge < -0.3 is 0 Å². The molecule has 1 aliphatic rings. The first kappa shape index (κ1) is 17.0. The van der Waals surface area contributed by atoms with Crippen molar-refractivity contribution in [2.75, 3.05) is 4.90 Å². The number of halogens is 3. The number of hydrogen-bond acceptors (Lipinski definition) is 5. The molecule has 2 heterocycles. The number of amidine groups is 1. The van der Waals surface area contributed by atoms with Gasteiger partial charge in [-0.25, -0.2) is 9.88 Å². The maximum absolute atomic E-state index is 12.8. The van der Waals surface area contributed by atoms with Crippen LogP contribution in [0.25, 0.3) is 0 Å². The van der Waals surface area contributed by atoms with E-state index in [9.17, 15) is 18.0 Å². The summed E-state index contributed by atoms with van der Waals surface area (Å²) >= 11 is 2.36. The Hall–Kier alpha value is -1.87. The van der Waals surface area contributed by atoms with Crippen LogP contribution >= 0.6 is 23.1 Å². The fourth-order valence-electron chi connectivity index (χ4n) is 2.27. The summed E-state index contributed by atoms with van der Waals surface area (Å²) < 4.78 is 38.3. The molecule has 1 N–H and O–H groups in total. The first-order chi connectivity index (χ1) is 11.3. The fourth-order valence-corrected chi connectivity index (χ4v) is 4.11. The number of nitrogens with zero attached hydrogens (tertiary/aromatic N) is 2. The highest BCUT2D eigenvalue weighted by Gasteiger charge is 2.36. The Balaban J connectivity index is 1.80. The number of nitrogens with one attached hydrogen (secondary N) is 1. The van der Waals surface area contributed by atoms with Crippen LogP contribution in [0.5, 0.6) is 0 Å². The summed E-state index contributed by atoms with van der Waals surface area (Å²) in [6.45, 7) is 1.72. The molecular formula is C15H12F3N3OS2. The number of thiazole rings is 1. The lowest BCUT2D eigenvalue weighted by molar-refractivity contribution is -0.137. The Morgan fingerprint density at radius 2 is 2.12 bits per heavy atom. The molecule has 0 spiro atoms. The van der Waals surface area contributed by atoms with Crippen LogP contribution in [0.1, 0.15) is 22.9 Å². The van der Waals surface area contributed by atoms with Gasteiger partial charge in [0.2, 0.25) is 5.91 Å². The predicted octanol–water partition coefficient (Wildman–Crippen LogP) is 4.16. The Bertz CT molecular complexity index is 803. The molecule has 0 aliphatic carbocycles. The van der Waals surface area contributed by atoms with Crippen molar-refractivity contribution in [2.24, 2.45) is 0 Å². The van der Waals surface area contributed by atoms with Gasteiger partial charge in [-0.2, -0.15) is 13.2 Å². The highest BCUT2D eigenvalue weighted by Crippen LogP contribution is 2.34. The molecule has 4 nitrogen and oxygen atoms in total. The van der Waals surface area contributed by atoms with E-state index in [1.165, 1.54) is 28.5 Å². The van der Waals surface area contributed by atoms with Gasteiger partial charge in [-0.1, -0.05) is 30.0 Å². The average Bonchev–Trinajstić information content (AvgIpc) is 3.03. The predicted molar refractivity (Wildman–Crippen MR) is 88.6 cm³/mol. The smallest absolute Gasteiger partial charge is 0.278 e. The molecule has 0 radical (unpaired) electrons. The van der Waals surface area contributed by atoms with Crippen molar-refractivity contribution in [1.82, 2.24) is 4.98 Å². The second-order valence-corrected chi connectivity index (χ2v) is 7.65. The van der Waals surface area contributed by atoms with Crippen LogP contribution in [0.2, 0.25) is 0 Å². The zero-order chi connectivity index (χ0) is 17.5. The van der Waals surface area contributed by atoms with Crippen molar-refractivity contribution in [3.8, 4) is 0 Å². The number of alkyl halides is 3. The minimum Gasteiger partial charge on any atom is -0.278 e. The van der Waals surface area contributed by atoms with Crippen LogP contribution in [0.15, 0.2) is 30.5 Å². The second-order valence-electron chi connectivity index (χ2n) is 5.22. The molecule has 1 unspecified atom stereocenters. The summed E-state index contributed by atoms with van der Waals surface area (Å²) in [5.74, 6) is -0.204. The molecule has 126 valence electrons. The maximum Gasteiger partial charge on any atom is 0.416 e. The van der Waals surface area contributed by atoms with E-state index in [0.29, 0.717) is 17.1 Å². The van der Waals surface area contributed by atoms with Crippen molar-refractivity contribution in [3.63, 3.8) is 0 Å². The number of carbonyl (C=O) groups excluding carboxylic acids is 1. The van der Waals surface area contributed by atoms with Crippen LogP contribution in [-0.2, 0) is 17.4 Å². The summed E-state index contributed by atoms with van der Waals surface area (Å²) in [7, 11) is 0. The molecule has 9 heteroatoms. The first-order valence-corrected chi connectivity index (χ1v) is 8.65. The summed E-state index contributed by atoms with van der Waals surface area (Å²) in [5, 5.41) is 8.01. The molecule has 1 aromatic carbocycles. The quantitative estimate of drug-likeness (QED) is 0.882. The lowest BCUT2D eigenvalue weighted by atomic mass is 10.1. The van der Waals surface area contributed by atoms with E-state index >= 15 is 0 Å². The Labute approximate surface area is 144 Å². The zero-order valence-electron chi connectivity index (χ0n) is 12.4. The van der Waals surface area contributed by atoms with E-state index in [4.69, 9.17) is 5.41 Å². The van der Waals surface area contributed by atoms with E-state index in [-0.39, 0.29) is 16.3 Å². The van der Waals surface area contributed by atoms with E-state index < -0.39 is 11.7 Å². The van der Waals surface area contributed by atoms with Crippen LogP contribution in [0, 0.1) is 5.41 Å². The van der Waals surface area contributed by atoms with Gasteiger partial charge in [0.25, 0.3) is 0 Å². The number of rotatable bonds is 3. The topological polar surface area (TPSA) is 57.1 Å². The number of anilines is 1. The third kappa shape index (κ3) is 3.32. The molecular weight excluding hydrogens is 359 g/mol. The molecule has 1 amide bonds. The third-order valence-electron chi connectivity index (χ3n) is 3.42. The van der Waals surface area contributed by atoms with Crippen molar-refractivity contribution in [3.05, 3.63) is 46.5 Å². The minimum atomic E-state index is -4.38. The lowest BCUT2D eigenvalue weighted by Gasteiger charge is -2.10. The van der Waals surface area contributed by atoms with Crippen molar-refractivity contribution >= 4 is 39.3 Å². The van der Waals surface area contributed by atoms with Gasteiger partial charge in [-0.15, -0.1) is 11.3 Å². The minimum absolute atomic E-state index is 0.118. The highest BCUT2D eigenvalue weighted by atomic mass is 32.2.